The monoisotopic (exact) mass is 128 g/mol. The Morgan fingerprint density at radius 2 is 2.44 bits per heavy atom. The summed E-state index contributed by atoms with van der Waals surface area (Å²) >= 11 is 0. The first-order chi connectivity index (χ1) is 4.22. The lowest BCUT2D eigenvalue weighted by Gasteiger charge is -2.14. The van der Waals surface area contributed by atoms with Gasteiger partial charge in [0.05, 0.1) is 11.9 Å². The summed E-state index contributed by atoms with van der Waals surface area (Å²) in [5, 5.41) is 10.9. The highest BCUT2D eigenvalue weighted by molar-refractivity contribution is 5.75. The summed E-state index contributed by atoms with van der Waals surface area (Å²) in [5.41, 5.74) is 0.708. The van der Waals surface area contributed by atoms with Crippen LogP contribution >= 0.6 is 0 Å². The molecule has 0 spiro atoms. The SMILES string of the molecule is C=C(/C=N/O)N(C)CC. The molecule has 0 aliphatic heterocycles. The Bertz CT molecular complexity index is 120. The van der Waals surface area contributed by atoms with E-state index in [2.05, 4.69) is 11.7 Å². The van der Waals surface area contributed by atoms with E-state index in [1.165, 1.54) is 6.21 Å². The Hall–Kier alpha value is -0.990. The van der Waals surface area contributed by atoms with E-state index in [0.717, 1.165) is 6.54 Å². The van der Waals surface area contributed by atoms with Crippen molar-refractivity contribution < 1.29 is 5.21 Å². The van der Waals surface area contributed by atoms with Crippen LogP contribution in [0.4, 0.5) is 0 Å². The molecular weight excluding hydrogens is 116 g/mol. The molecule has 0 saturated carbocycles. The van der Waals surface area contributed by atoms with Gasteiger partial charge in [0.15, 0.2) is 0 Å². The summed E-state index contributed by atoms with van der Waals surface area (Å²) in [4.78, 5) is 1.87. The van der Waals surface area contributed by atoms with Crippen molar-refractivity contribution in [3.05, 3.63) is 12.3 Å². The molecule has 0 aliphatic rings. The van der Waals surface area contributed by atoms with Crippen LogP contribution in [0.2, 0.25) is 0 Å². The fourth-order valence-corrected chi connectivity index (χ4v) is 0.368. The van der Waals surface area contributed by atoms with Crippen LogP contribution in [-0.4, -0.2) is 29.9 Å². The van der Waals surface area contributed by atoms with Crippen LogP contribution in [0.3, 0.4) is 0 Å². The lowest BCUT2D eigenvalue weighted by molar-refractivity contribution is 0.320. The van der Waals surface area contributed by atoms with Gasteiger partial charge in [-0.3, -0.25) is 0 Å². The Labute approximate surface area is 55.3 Å². The molecule has 0 saturated heterocycles. The van der Waals surface area contributed by atoms with Crippen molar-refractivity contribution >= 4 is 6.21 Å². The smallest absolute Gasteiger partial charge is 0.0888 e. The number of nitrogens with zero attached hydrogens (tertiary/aromatic N) is 2. The fourth-order valence-electron chi connectivity index (χ4n) is 0.368. The summed E-state index contributed by atoms with van der Waals surface area (Å²) < 4.78 is 0. The van der Waals surface area contributed by atoms with E-state index in [1.54, 1.807) is 0 Å². The summed E-state index contributed by atoms with van der Waals surface area (Å²) in [6, 6.07) is 0. The van der Waals surface area contributed by atoms with Gasteiger partial charge in [-0.1, -0.05) is 11.7 Å². The van der Waals surface area contributed by atoms with E-state index in [0.29, 0.717) is 5.70 Å². The Kier molecular flexibility index (Phi) is 3.51. The third-order valence-corrected chi connectivity index (χ3v) is 1.17. The van der Waals surface area contributed by atoms with Crippen molar-refractivity contribution in [1.82, 2.24) is 4.90 Å². The zero-order chi connectivity index (χ0) is 7.28. The lowest BCUT2D eigenvalue weighted by atomic mass is 10.4. The molecule has 52 valence electrons. The maximum atomic E-state index is 8.06. The second-order valence-electron chi connectivity index (χ2n) is 1.75. The average molecular weight is 128 g/mol. The molecule has 3 heteroatoms. The molecule has 9 heavy (non-hydrogen) atoms. The van der Waals surface area contributed by atoms with Crippen LogP contribution in [0.15, 0.2) is 17.4 Å². The highest BCUT2D eigenvalue weighted by Crippen LogP contribution is 1.91. The van der Waals surface area contributed by atoms with Crippen LogP contribution in [-0.2, 0) is 0 Å². The number of hydrogen-bond acceptors (Lipinski definition) is 3. The van der Waals surface area contributed by atoms with Gasteiger partial charge in [0.2, 0.25) is 0 Å². The molecule has 0 fully saturated rings. The zero-order valence-corrected chi connectivity index (χ0v) is 5.83. The molecule has 3 nitrogen and oxygen atoms in total. The number of allylic oxidation sites excluding steroid dienone is 1. The van der Waals surface area contributed by atoms with E-state index in [4.69, 9.17) is 5.21 Å². The maximum absolute atomic E-state index is 8.06. The molecule has 0 unspecified atom stereocenters. The molecule has 0 aliphatic carbocycles. The molecule has 0 heterocycles. The standard InChI is InChI=1S/C6H12N2O/c1-4-8(3)6(2)5-7-9/h5,9H,2,4H2,1,3H3/b7-5+. The molecule has 0 rings (SSSR count). The van der Waals surface area contributed by atoms with Crippen molar-refractivity contribution in [2.75, 3.05) is 13.6 Å². The topological polar surface area (TPSA) is 35.8 Å². The van der Waals surface area contributed by atoms with Gasteiger partial charge in [-0.05, 0) is 6.92 Å². The second-order valence-corrected chi connectivity index (χ2v) is 1.75. The zero-order valence-electron chi connectivity index (χ0n) is 5.83. The molecule has 0 bridgehead atoms. The van der Waals surface area contributed by atoms with Crippen LogP contribution in [0.5, 0.6) is 0 Å². The minimum atomic E-state index is 0.708. The van der Waals surface area contributed by atoms with Crippen molar-refractivity contribution in [1.29, 1.82) is 0 Å². The van der Waals surface area contributed by atoms with E-state index < -0.39 is 0 Å². The van der Waals surface area contributed by atoms with Gasteiger partial charge < -0.3 is 10.1 Å². The summed E-state index contributed by atoms with van der Waals surface area (Å²) in [6.07, 6.45) is 1.31. The Morgan fingerprint density at radius 3 is 2.78 bits per heavy atom. The van der Waals surface area contributed by atoms with Crippen LogP contribution < -0.4 is 0 Å². The number of rotatable bonds is 3. The van der Waals surface area contributed by atoms with E-state index in [1.807, 2.05) is 18.9 Å². The minimum Gasteiger partial charge on any atom is -0.411 e. The highest BCUT2D eigenvalue weighted by Gasteiger charge is 1.92. The third-order valence-electron chi connectivity index (χ3n) is 1.17. The van der Waals surface area contributed by atoms with Crippen molar-refractivity contribution in [2.24, 2.45) is 5.16 Å². The molecule has 0 radical (unpaired) electrons. The first-order valence-corrected chi connectivity index (χ1v) is 2.79. The van der Waals surface area contributed by atoms with Gasteiger partial charge >= 0.3 is 0 Å². The van der Waals surface area contributed by atoms with Crippen LogP contribution in [0.25, 0.3) is 0 Å². The minimum absolute atomic E-state index is 0.708. The predicted molar refractivity (Wildman–Crippen MR) is 37.7 cm³/mol. The predicted octanol–water partition coefficient (Wildman–Crippen LogP) is 0.912. The fraction of sp³-hybridized carbons (Fsp3) is 0.500. The van der Waals surface area contributed by atoms with E-state index in [9.17, 15) is 0 Å². The summed E-state index contributed by atoms with van der Waals surface area (Å²) in [5.74, 6) is 0. The first kappa shape index (κ1) is 8.01. The Morgan fingerprint density at radius 1 is 1.89 bits per heavy atom. The molecule has 0 aromatic rings. The van der Waals surface area contributed by atoms with Gasteiger partial charge in [-0.2, -0.15) is 0 Å². The third kappa shape index (κ3) is 2.74. The normalized spacial score (nSPS) is 10.0. The van der Waals surface area contributed by atoms with Gasteiger partial charge in [0.1, 0.15) is 0 Å². The maximum Gasteiger partial charge on any atom is 0.0888 e. The van der Waals surface area contributed by atoms with Crippen molar-refractivity contribution in [2.45, 2.75) is 6.92 Å². The first-order valence-electron chi connectivity index (χ1n) is 2.79. The number of hydrogen-bond donors (Lipinski definition) is 1. The van der Waals surface area contributed by atoms with Crippen molar-refractivity contribution in [3.63, 3.8) is 0 Å². The summed E-state index contributed by atoms with van der Waals surface area (Å²) in [6.45, 7) is 6.49. The number of oxime groups is 1. The molecule has 0 aromatic heterocycles. The van der Waals surface area contributed by atoms with Crippen LogP contribution in [0.1, 0.15) is 6.92 Å². The van der Waals surface area contributed by atoms with E-state index >= 15 is 0 Å². The largest absolute Gasteiger partial charge is 0.411 e. The summed E-state index contributed by atoms with van der Waals surface area (Å²) in [7, 11) is 1.88. The average Bonchev–Trinajstić information content (AvgIpc) is 1.87. The lowest BCUT2D eigenvalue weighted by Crippen LogP contribution is -2.16. The van der Waals surface area contributed by atoms with Gasteiger partial charge in [0.25, 0.3) is 0 Å². The van der Waals surface area contributed by atoms with E-state index in [-0.39, 0.29) is 0 Å². The second kappa shape index (κ2) is 3.95. The van der Waals surface area contributed by atoms with Crippen molar-refractivity contribution in [3.8, 4) is 0 Å². The molecule has 0 amide bonds. The van der Waals surface area contributed by atoms with Gasteiger partial charge in [0, 0.05) is 13.6 Å². The molecular formula is C6H12N2O. The van der Waals surface area contributed by atoms with Crippen LogP contribution in [0, 0.1) is 0 Å². The molecule has 1 N–H and O–H groups in total. The van der Waals surface area contributed by atoms with Gasteiger partial charge in [-0.15, -0.1) is 0 Å². The van der Waals surface area contributed by atoms with Gasteiger partial charge in [-0.25, -0.2) is 0 Å². The quantitative estimate of drug-likeness (QED) is 0.348. The Balaban J connectivity index is 3.73. The molecule has 0 aromatic carbocycles. The molecule has 0 atom stereocenters. The highest BCUT2D eigenvalue weighted by atomic mass is 16.4.